The van der Waals surface area contributed by atoms with Crippen molar-refractivity contribution in [2.24, 2.45) is 0 Å². The van der Waals surface area contributed by atoms with Crippen molar-refractivity contribution in [1.82, 2.24) is 10.2 Å². The van der Waals surface area contributed by atoms with Crippen LogP contribution < -0.4 is 5.32 Å². The third-order valence-electron chi connectivity index (χ3n) is 2.20. The smallest absolute Gasteiger partial charge is 0.313 e. The first-order chi connectivity index (χ1) is 10.1. The zero-order chi connectivity index (χ0) is 15.2. The monoisotopic (exact) mass is 320 g/mol. The zero-order valence-electron chi connectivity index (χ0n) is 10.4. The largest absolute Gasteiger partial charge is 0.481 e. The van der Waals surface area contributed by atoms with Gasteiger partial charge in [0.2, 0.25) is 5.13 Å². The Labute approximate surface area is 127 Å². The Morgan fingerprint density at radius 3 is 2.95 bits per heavy atom. The molecule has 1 amide bonds. The van der Waals surface area contributed by atoms with Gasteiger partial charge in [-0.15, -0.1) is 10.2 Å². The van der Waals surface area contributed by atoms with Gasteiger partial charge in [-0.1, -0.05) is 29.2 Å². The normalized spacial score (nSPS) is 9.86. The average Bonchev–Trinajstić information content (AvgIpc) is 2.92. The van der Waals surface area contributed by atoms with Crippen molar-refractivity contribution < 1.29 is 14.7 Å². The molecule has 0 unspecified atom stereocenters. The number of nitriles is 1. The van der Waals surface area contributed by atoms with E-state index in [2.05, 4.69) is 15.5 Å². The molecule has 0 fully saturated rings. The van der Waals surface area contributed by atoms with E-state index in [9.17, 15) is 9.59 Å². The van der Waals surface area contributed by atoms with Crippen LogP contribution in [0.1, 0.15) is 15.9 Å². The van der Waals surface area contributed by atoms with Crippen molar-refractivity contribution in [2.45, 2.75) is 4.34 Å². The lowest BCUT2D eigenvalue weighted by Gasteiger charge is -2.00. The minimum atomic E-state index is -0.950. The van der Waals surface area contributed by atoms with Gasteiger partial charge in [-0.2, -0.15) is 5.26 Å². The van der Waals surface area contributed by atoms with Crippen LogP contribution in [-0.2, 0) is 4.79 Å². The number of anilines is 1. The molecular weight excluding hydrogens is 312 g/mol. The average molecular weight is 320 g/mol. The van der Waals surface area contributed by atoms with E-state index in [0.29, 0.717) is 15.5 Å². The quantitative estimate of drug-likeness (QED) is 0.637. The maximum absolute atomic E-state index is 12.0. The summed E-state index contributed by atoms with van der Waals surface area (Å²) in [5, 5.41) is 27.7. The van der Waals surface area contributed by atoms with E-state index in [0.717, 1.165) is 23.1 Å². The summed E-state index contributed by atoms with van der Waals surface area (Å²) in [6.45, 7) is 0. The molecule has 7 nitrogen and oxygen atoms in total. The molecule has 0 aliphatic heterocycles. The number of carbonyl (C=O) groups is 2. The van der Waals surface area contributed by atoms with Crippen LogP contribution in [0.5, 0.6) is 0 Å². The third kappa shape index (κ3) is 4.27. The molecule has 0 atom stereocenters. The molecule has 2 N–H and O–H groups in total. The number of carboxylic acid groups (broad SMARTS) is 1. The minimum Gasteiger partial charge on any atom is -0.481 e. The fourth-order valence-corrected chi connectivity index (χ4v) is 2.81. The topological polar surface area (TPSA) is 116 Å². The summed E-state index contributed by atoms with van der Waals surface area (Å²) >= 11 is 2.12. The van der Waals surface area contributed by atoms with Gasteiger partial charge in [0.25, 0.3) is 5.91 Å². The molecule has 0 aliphatic carbocycles. The number of nitrogens with zero attached hydrogens (tertiary/aromatic N) is 3. The first-order valence-electron chi connectivity index (χ1n) is 5.58. The summed E-state index contributed by atoms with van der Waals surface area (Å²) in [5.41, 5.74) is 0.724. The number of rotatable bonds is 5. The number of carbonyl (C=O) groups excluding carboxylic acids is 1. The Morgan fingerprint density at radius 1 is 1.43 bits per heavy atom. The molecule has 1 heterocycles. The number of aliphatic carboxylic acids is 1. The second kappa shape index (κ2) is 6.83. The highest BCUT2D eigenvalue weighted by molar-refractivity contribution is 8.01. The highest BCUT2D eigenvalue weighted by Crippen LogP contribution is 2.25. The van der Waals surface area contributed by atoms with E-state index in [1.807, 2.05) is 6.07 Å². The van der Waals surface area contributed by atoms with E-state index in [1.165, 1.54) is 6.07 Å². The van der Waals surface area contributed by atoms with Gasteiger partial charge < -0.3 is 5.11 Å². The predicted molar refractivity (Wildman–Crippen MR) is 77.4 cm³/mol. The van der Waals surface area contributed by atoms with Crippen molar-refractivity contribution in [3.8, 4) is 6.07 Å². The van der Waals surface area contributed by atoms with Crippen molar-refractivity contribution in [3.63, 3.8) is 0 Å². The van der Waals surface area contributed by atoms with Crippen LogP contribution in [0.4, 0.5) is 5.13 Å². The first-order valence-corrected chi connectivity index (χ1v) is 7.38. The lowest BCUT2D eigenvalue weighted by atomic mass is 10.1. The lowest BCUT2D eigenvalue weighted by molar-refractivity contribution is -0.133. The number of carboxylic acids is 1. The number of thioether (sulfide) groups is 1. The van der Waals surface area contributed by atoms with E-state index < -0.39 is 11.9 Å². The van der Waals surface area contributed by atoms with Crippen molar-refractivity contribution >= 4 is 40.1 Å². The fraction of sp³-hybridized carbons (Fsp3) is 0.0833. The fourth-order valence-electron chi connectivity index (χ4n) is 1.34. The van der Waals surface area contributed by atoms with Crippen LogP contribution in [0.25, 0.3) is 0 Å². The molecule has 0 saturated carbocycles. The molecule has 0 saturated heterocycles. The van der Waals surface area contributed by atoms with Crippen LogP contribution in [0, 0.1) is 11.3 Å². The van der Waals surface area contributed by atoms with Gasteiger partial charge in [0, 0.05) is 5.56 Å². The molecule has 0 spiro atoms. The molecule has 21 heavy (non-hydrogen) atoms. The summed E-state index contributed by atoms with van der Waals surface area (Å²) in [5.74, 6) is -1.47. The minimum absolute atomic E-state index is 0.118. The van der Waals surface area contributed by atoms with E-state index >= 15 is 0 Å². The molecule has 1 aromatic heterocycles. The summed E-state index contributed by atoms with van der Waals surface area (Å²) in [6.07, 6.45) is 0. The molecule has 2 aromatic rings. The first kappa shape index (κ1) is 15.0. The summed E-state index contributed by atoms with van der Waals surface area (Å²) in [7, 11) is 0. The lowest BCUT2D eigenvalue weighted by Crippen LogP contribution is -2.11. The number of amides is 1. The van der Waals surface area contributed by atoms with Crippen LogP contribution in [0.15, 0.2) is 28.6 Å². The van der Waals surface area contributed by atoms with Crippen LogP contribution >= 0.6 is 23.1 Å². The molecular formula is C12H8N4O3S2. The van der Waals surface area contributed by atoms with Crippen LogP contribution in [0.2, 0.25) is 0 Å². The van der Waals surface area contributed by atoms with E-state index in [4.69, 9.17) is 10.4 Å². The highest BCUT2D eigenvalue weighted by Gasteiger charge is 2.11. The maximum Gasteiger partial charge on any atom is 0.313 e. The van der Waals surface area contributed by atoms with Gasteiger partial charge in [0.1, 0.15) is 0 Å². The predicted octanol–water partition coefficient (Wildman–Crippen LogP) is 1.84. The Bertz CT molecular complexity index is 723. The summed E-state index contributed by atoms with van der Waals surface area (Å²) in [6, 6.07) is 8.21. The Morgan fingerprint density at radius 2 is 2.24 bits per heavy atom. The molecule has 106 valence electrons. The van der Waals surface area contributed by atoms with Crippen LogP contribution in [-0.4, -0.2) is 32.9 Å². The Hall–Kier alpha value is -2.44. The van der Waals surface area contributed by atoms with Crippen molar-refractivity contribution in [3.05, 3.63) is 35.4 Å². The van der Waals surface area contributed by atoms with E-state index in [1.54, 1.807) is 18.2 Å². The number of aromatic nitrogens is 2. The summed E-state index contributed by atoms with van der Waals surface area (Å²) < 4.78 is 0.457. The maximum atomic E-state index is 12.0. The molecule has 0 bridgehead atoms. The Balaban J connectivity index is 2.02. The Kier molecular flexibility index (Phi) is 4.86. The summed E-state index contributed by atoms with van der Waals surface area (Å²) in [4.78, 5) is 22.4. The molecule has 2 rings (SSSR count). The van der Waals surface area contributed by atoms with E-state index in [-0.39, 0.29) is 10.9 Å². The second-order valence-corrected chi connectivity index (χ2v) is 5.90. The SMILES string of the molecule is N#Cc1cccc(C(=O)Nc2nnc(SCC(=O)O)s2)c1. The van der Waals surface area contributed by atoms with Gasteiger partial charge in [-0.3, -0.25) is 14.9 Å². The molecule has 0 aliphatic rings. The van der Waals surface area contributed by atoms with Gasteiger partial charge >= 0.3 is 5.97 Å². The zero-order valence-corrected chi connectivity index (χ0v) is 12.1. The van der Waals surface area contributed by atoms with Gasteiger partial charge in [0.05, 0.1) is 17.4 Å². The van der Waals surface area contributed by atoms with Gasteiger partial charge in [0.15, 0.2) is 4.34 Å². The number of nitrogens with one attached hydrogen (secondary N) is 1. The standard InChI is InChI=1S/C12H8N4O3S2/c13-5-7-2-1-3-8(4-7)10(19)14-11-15-16-12(21-11)20-6-9(17)18/h1-4H,6H2,(H,17,18)(H,14,15,19). The van der Waals surface area contributed by atoms with Gasteiger partial charge in [-0.05, 0) is 18.2 Å². The third-order valence-corrected chi connectivity index (χ3v) is 4.16. The highest BCUT2D eigenvalue weighted by atomic mass is 32.2. The van der Waals surface area contributed by atoms with Gasteiger partial charge in [-0.25, -0.2) is 0 Å². The molecule has 0 radical (unpaired) electrons. The van der Waals surface area contributed by atoms with Crippen molar-refractivity contribution in [1.29, 1.82) is 5.26 Å². The molecule has 1 aromatic carbocycles. The number of hydrogen-bond donors (Lipinski definition) is 2. The number of benzene rings is 1. The number of hydrogen-bond acceptors (Lipinski definition) is 7. The van der Waals surface area contributed by atoms with Crippen molar-refractivity contribution in [2.75, 3.05) is 11.1 Å². The van der Waals surface area contributed by atoms with Crippen LogP contribution in [0.3, 0.4) is 0 Å². The molecule has 9 heteroatoms. The second-order valence-electron chi connectivity index (χ2n) is 3.70.